The zero-order valence-electron chi connectivity index (χ0n) is 10.3. The molecule has 0 heterocycles. The molecule has 1 aromatic carbocycles. The van der Waals surface area contributed by atoms with Gasteiger partial charge in [-0.1, -0.05) is 30.5 Å². The Hall–Kier alpha value is -0.570. The van der Waals surface area contributed by atoms with Crippen molar-refractivity contribution in [1.82, 2.24) is 5.32 Å². The van der Waals surface area contributed by atoms with Gasteiger partial charge in [-0.3, -0.25) is 0 Å². The third-order valence-corrected chi connectivity index (χ3v) is 4.06. The number of halogens is 1. The van der Waals surface area contributed by atoms with Gasteiger partial charge < -0.3 is 10.4 Å². The van der Waals surface area contributed by atoms with Crippen molar-refractivity contribution < 1.29 is 5.11 Å². The van der Waals surface area contributed by atoms with E-state index < -0.39 is 0 Å². The Bertz CT molecular complexity index is 386. The molecule has 2 nitrogen and oxygen atoms in total. The van der Waals surface area contributed by atoms with Crippen molar-refractivity contribution >= 4 is 11.6 Å². The summed E-state index contributed by atoms with van der Waals surface area (Å²) in [6.07, 6.45) is 4.59. The summed E-state index contributed by atoms with van der Waals surface area (Å²) in [6.45, 7) is 3.12. The van der Waals surface area contributed by atoms with E-state index in [0.717, 1.165) is 24.4 Å². The van der Waals surface area contributed by atoms with E-state index in [1.165, 1.54) is 24.0 Å². The molecule has 0 aliphatic heterocycles. The van der Waals surface area contributed by atoms with Gasteiger partial charge in [-0.15, -0.1) is 0 Å². The van der Waals surface area contributed by atoms with Crippen LogP contribution in [0.5, 0.6) is 0 Å². The standard InChI is InChI=1S/C14H20ClNO/c1-11-8-13(15)5-4-12(11)9-16-14(10-17)6-2-3-7-14/h4-5,8,16-17H,2-3,6-7,9-10H2,1H3. The molecule has 1 fully saturated rings. The average molecular weight is 254 g/mol. The Balaban J connectivity index is 2.01. The van der Waals surface area contributed by atoms with Crippen molar-refractivity contribution in [3.8, 4) is 0 Å². The van der Waals surface area contributed by atoms with Gasteiger partial charge in [-0.2, -0.15) is 0 Å². The van der Waals surface area contributed by atoms with Crippen LogP contribution in [0.25, 0.3) is 0 Å². The maximum absolute atomic E-state index is 9.52. The van der Waals surface area contributed by atoms with Gasteiger partial charge in [-0.25, -0.2) is 0 Å². The molecule has 1 saturated carbocycles. The van der Waals surface area contributed by atoms with Crippen LogP contribution in [0.3, 0.4) is 0 Å². The van der Waals surface area contributed by atoms with Crippen LogP contribution >= 0.6 is 11.6 Å². The summed E-state index contributed by atoms with van der Waals surface area (Å²) >= 11 is 5.94. The van der Waals surface area contributed by atoms with Crippen molar-refractivity contribution in [1.29, 1.82) is 0 Å². The van der Waals surface area contributed by atoms with Crippen molar-refractivity contribution in [2.75, 3.05) is 6.61 Å². The lowest BCUT2D eigenvalue weighted by atomic mass is 9.98. The van der Waals surface area contributed by atoms with Crippen molar-refractivity contribution in [3.05, 3.63) is 34.3 Å². The Morgan fingerprint density at radius 3 is 2.65 bits per heavy atom. The summed E-state index contributed by atoms with van der Waals surface area (Å²) in [6, 6.07) is 5.97. The lowest BCUT2D eigenvalue weighted by molar-refractivity contribution is 0.163. The summed E-state index contributed by atoms with van der Waals surface area (Å²) < 4.78 is 0. The Kier molecular flexibility index (Phi) is 4.08. The zero-order valence-corrected chi connectivity index (χ0v) is 11.1. The Labute approximate surface area is 108 Å². The molecular formula is C14H20ClNO. The van der Waals surface area contributed by atoms with Crippen LogP contribution in [0.4, 0.5) is 0 Å². The molecule has 17 heavy (non-hydrogen) atoms. The second kappa shape index (κ2) is 5.38. The first-order valence-electron chi connectivity index (χ1n) is 6.26. The van der Waals surface area contributed by atoms with Crippen LogP contribution < -0.4 is 5.32 Å². The van der Waals surface area contributed by atoms with Crippen LogP contribution in [0.1, 0.15) is 36.8 Å². The number of nitrogens with one attached hydrogen (secondary N) is 1. The summed E-state index contributed by atoms with van der Waals surface area (Å²) in [7, 11) is 0. The number of hydrogen-bond donors (Lipinski definition) is 2. The van der Waals surface area contributed by atoms with Gasteiger partial charge >= 0.3 is 0 Å². The van der Waals surface area contributed by atoms with E-state index in [-0.39, 0.29) is 12.1 Å². The highest BCUT2D eigenvalue weighted by Crippen LogP contribution is 2.29. The second-order valence-electron chi connectivity index (χ2n) is 5.07. The molecule has 0 bridgehead atoms. The first-order chi connectivity index (χ1) is 8.15. The molecule has 94 valence electrons. The van der Waals surface area contributed by atoms with Crippen LogP contribution in [-0.2, 0) is 6.54 Å². The van der Waals surface area contributed by atoms with Gasteiger partial charge in [0.1, 0.15) is 0 Å². The van der Waals surface area contributed by atoms with Gasteiger partial charge in [0.15, 0.2) is 0 Å². The van der Waals surface area contributed by atoms with Crippen molar-refractivity contribution in [3.63, 3.8) is 0 Å². The number of aryl methyl sites for hydroxylation is 1. The summed E-state index contributed by atoms with van der Waals surface area (Å²) in [5.41, 5.74) is 2.41. The predicted molar refractivity (Wildman–Crippen MR) is 71.3 cm³/mol. The minimum absolute atomic E-state index is 0.0495. The van der Waals surface area contributed by atoms with Crippen molar-refractivity contribution in [2.24, 2.45) is 0 Å². The summed E-state index contributed by atoms with van der Waals surface area (Å²) in [5, 5.41) is 13.8. The molecular weight excluding hydrogens is 234 g/mol. The molecule has 1 aliphatic carbocycles. The number of hydrogen-bond acceptors (Lipinski definition) is 2. The van der Waals surface area contributed by atoms with E-state index >= 15 is 0 Å². The highest BCUT2D eigenvalue weighted by molar-refractivity contribution is 6.30. The number of aliphatic hydroxyl groups is 1. The fourth-order valence-corrected chi connectivity index (χ4v) is 2.81. The lowest BCUT2D eigenvalue weighted by Crippen LogP contribution is -2.45. The largest absolute Gasteiger partial charge is 0.394 e. The Morgan fingerprint density at radius 1 is 1.35 bits per heavy atom. The van der Waals surface area contributed by atoms with Crippen molar-refractivity contribution in [2.45, 2.75) is 44.7 Å². The maximum Gasteiger partial charge on any atom is 0.0613 e. The molecule has 0 amide bonds. The summed E-state index contributed by atoms with van der Waals surface area (Å²) in [4.78, 5) is 0. The zero-order chi connectivity index (χ0) is 12.3. The molecule has 0 radical (unpaired) electrons. The van der Waals surface area contributed by atoms with E-state index in [9.17, 15) is 5.11 Å². The minimum Gasteiger partial charge on any atom is -0.394 e. The summed E-state index contributed by atoms with van der Waals surface area (Å²) in [5.74, 6) is 0. The van der Waals surface area contributed by atoms with Crippen LogP contribution in [0, 0.1) is 6.92 Å². The van der Waals surface area contributed by atoms with E-state index in [4.69, 9.17) is 11.6 Å². The third kappa shape index (κ3) is 3.01. The molecule has 1 aromatic rings. The normalized spacial score (nSPS) is 18.5. The molecule has 1 aliphatic rings. The van der Waals surface area contributed by atoms with E-state index in [1.807, 2.05) is 12.1 Å². The molecule has 0 saturated heterocycles. The predicted octanol–water partition coefficient (Wildman–Crippen LogP) is 3.04. The molecule has 3 heteroatoms. The van der Waals surface area contributed by atoms with Gasteiger partial charge in [0.05, 0.1) is 6.61 Å². The van der Waals surface area contributed by atoms with Gasteiger partial charge in [0, 0.05) is 17.1 Å². The molecule has 0 aromatic heterocycles. The average Bonchev–Trinajstić information content (AvgIpc) is 2.77. The molecule has 0 unspecified atom stereocenters. The quantitative estimate of drug-likeness (QED) is 0.865. The lowest BCUT2D eigenvalue weighted by Gasteiger charge is -2.28. The molecule has 0 spiro atoms. The van der Waals surface area contributed by atoms with Gasteiger partial charge in [0.25, 0.3) is 0 Å². The molecule has 2 rings (SSSR count). The highest BCUT2D eigenvalue weighted by Gasteiger charge is 2.32. The number of benzene rings is 1. The fraction of sp³-hybridized carbons (Fsp3) is 0.571. The highest BCUT2D eigenvalue weighted by atomic mass is 35.5. The monoisotopic (exact) mass is 253 g/mol. The van der Waals surface area contributed by atoms with Gasteiger partial charge in [-0.05, 0) is 43.0 Å². The van der Waals surface area contributed by atoms with E-state index in [1.54, 1.807) is 0 Å². The second-order valence-corrected chi connectivity index (χ2v) is 5.51. The first-order valence-corrected chi connectivity index (χ1v) is 6.64. The topological polar surface area (TPSA) is 32.3 Å². The molecule has 2 N–H and O–H groups in total. The first kappa shape index (κ1) is 12.9. The van der Waals surface area contributed by atoms with E-state index in [2.05, 4.69) is 18.3 Å². The minimum atomic E-state index is -0.0495. The van der Waals surface area contributed by atoms with Crippen LogP contribution in [0.15, 0.2) is 18.2 Å². The van der Waals surface area contributed by atoms with Crippen LogP contribution in [0.2, 0.25) is 5.02 Å². The van der Waals surface area contributed by atoms with Crippen LogP contribution in [-0.4, -0.2) is 17.3 Å². The maximum atomic E-state index is 9.52. The Morgan fingerprint density at radius 2 is 2.06 bits per heavy atom. The van der Waals surface area contributed by atoms with Gasteiger partial charge in [0.2, 0.25) is 0 Å². The number of aliphatic hydroxyl groups excluding tert-OH is 1. The number of rotatable bonds is 4. The molecule has 0 atom stereocenters. The SMILES string of the molecule is Cc1cc(Cl)ccc1CNC1(CO)CCCC1. The smallest absolute Gasteiger partial charge is 0.0613 e. The third-order valence-electron chi connectivity index (χ3n) is 3.82. The fourth-order valence-electron chi connectivity index (χ4n) is 2.58. The van der Waals surface area contributed by atoms with E-state index in [0.29, 0.717) is 0 Å².